The van der Waals surface area contributed by atoms with Crippen LogP contribution in [0.2, 0.25) is 0 Å². The molecular weight excluding hydrogens is 316 g/mol. The summed E-state index contributed by atoms with van der Waals surface area (Å²) in [5.74, 6) is 0. The van der Waals surface area contributed by atoms with Crippen molar-refractivity contribution in [3.63, 3.8) is 0 Å². The standard InChI is InChI=1S/C24H24N2/c1-4-10-20(11-5-1)25-21-16-18-24(19-17-21)26(22-12-6-2-7-13-22)23-14-8-3-9-15-23/h1-4,6-10,12-14,16-19,23,25H,5,11,15H2. The highest BCUT2D eigenvalue weighted by atomic mass is 15.2. The number of anilines is 3. The van der Waals surface area contributed by atoms with Crippen molar-refractivity contribution in [3.8, 4) is 0 Å². The zero-order valence-corrected chi connectivity index (χ0v) is 14.9. The molecule has 26 heavy (non-hydrogen) atoms. The van der Waals surface area contributed by atoms with Crippen LogP contribution in [0.25, 0.3) is 0 Å². The Kier molecular flexibility index (Phi) is 5.02. The molecule has 0 heterocycles. The van der Waals surface area contributed by atoms with Gasteiger partial charge in [0.05, 0.1) is 6.04 Å². The molecule has 0 spiro atoms. The minimum Gasteiger partial charge on any atom is -0.359 e. The molecule has 2 heteroatoms. The molecule has 2 aliphatic rings. The van der Waals surface area contributed by atoms with Crippen molar-refractivity contribution in [2.75, 3.05) is 10.2 Å². The Hall–Kier alpha value is -3.00. The molecule has 0 bridgehead atoms. The second-order valence-corrected chi connectivity index (χ2v) is 6.65. The third-order valence-electron chi connectivity index (χ3n) is 4.79. The smallest absolute Gasteiger partial charge is 0.0559 e. The molecule has 0 fully saturated rings. The first kappa shape index (κ1) is 16.5. The Labute approximate surface area is 155 Å². The van der Waals surface area contributed by atoms with Crippen molar-refractivity contribution in [3.05, 3.63) is 103 Å². The summed E-state index contributed by atoms with van der Waals surface area (Å²) in [6.07, 6.45) is 18.5. The Bertz CT molecular complexity index is 842. The lowest BCUT2D eigenvalue weighted by molar-refractivity contribution is 0.785. The van der Waals surface area contributed by atoms with E-state index in [0.717, 1.165) is 24.9 Å². The monoisotopic (exact) mass is 340 g/mol. The largest absolute Gasteiger partial charge is 0.359 e. The fourth-order valence-electron chi connectivity index (χ4n) is 3.48. The molecule has 130 valence electrons. The van der Waals surface area contributed by atoms with Gasteiger partial charge in [-0.2, -0.15) is 0 Å². The summed E-state index contributed by atoms with van der Waals surface area (Å²) in [6.45, 7) is 0. The quantitative estimate of drug-likeness (QED) is 0.681. The first-order valence-corrected chi connectivity index (χ1v) is 9.30. The van der Waals surface area contributed by atoms with Gasteiger partial charge in [-0.15, -0.1) is 0 Å². The summed E-state index contributed by atoms with van der Waals surface area (Å²) >= 11 is 0. The molecule has 4 rings (SSSR count). The average molecular weight is 340 g/mol. The first-order valence-electron chi connectivity index (χ1n) is 9.30. The minimum absolute atomic E-state index is 0.340. The normalized spacial score (nSPS) is 18.5. The third-order valence-corrected chi connectivity index (χ3v) is 4.79. The predicted octanol–water partition coefficient (Wildman–Crippen LogP) is 6.36. The molecule has 2 nitrogen and oxygen atoms in total. The molecule has 0 saturated carbocycles. The Morgan fingerprint density at radius 3 is 2.31 bits per heavy atom. The molecule has 0 saturated heterocycles. The van der Waals surface area contributed by atoms with E-state index in [-0.39, 0.29) is 0 Å². The maximum Gasteiger partial charge on any atom is 0.0559 e. The van der Waals surface area contributed by atoms with E-state index in [0.29, 0.717) is 6.04 Å². The van der Waals surface area contributed by atoms with Gasteiger partial charge >= 0.3 is 0 Å². The molecule has 1 N–H and O–H groups in total. The minimum atomic E-state index is 0.340. The van der Waals surface area contributed by atoms with Crippen LogP contribution in [-0.2, 0) is 0 Å². The summed E-state index contributed by atoms with van der Waals surface area (Å²) in [5.41, 5.74) is 4.85. The van der Waals surface area contributed by atoms with Crippen LogP contribution in [-0.4, -0.2) is 6.04 Å². The van der Waals surface area contributed by atoms with Crippen LogP contribution >= 0.6 is 0 Å². The van der Waals surface area contributed by atoms with Gasteiger partial charge in [-0.25, -0.2) is 0 Å². The summed E-state index contributed by atoms with van der Waals surface area (Å²) in [5, 5.41) is 3.53. The number of allylic oxidation sites excluding steroid dienone is 6. The van der Waals surface area contributed by atoms with Crippen LogP contribution in [0.15, 0.2) is 103 Å². The molecule has 1 atom stereocenters. The highest BCUT2D eigenvalue weighted by molar-refractivity contribution is 5.67. The van der Waals surface area contributed by atoms with Gasteiger partial charge in [-0.05, 0) is 61.7 Å². The fraction of sp³-hybridized carbons (Fsp3) is 0.167. The van der Waals surface area contributed by atoms with E-state index in [4.69, 9.17) is 0 Å². The van der Waals surface area contributed by atoms with Gasteiger partial charge in [0, 0.05) is 22.8 Å². The second-order valence-electron chi connectivity index (χ2n) is 6.65. The zero-order valence-electron chi connectivity index (χ0n) is 14.9. The highest BCUT2D eigenvalue weighted by Crippen LogP contribution is 2.31. The molecule has 1 unspecified atom stereocenters. The highest BCUT2D eigenvalue weighted by Gasteiger charge is 2.18. The van der Waals surface area contributed by atoms with Crippen LogP contribution in [0, 0.1) is 0 Å². The first-order chi connectivity index (χ1) is 12.9. The van der Waals surface area contributed by atoms with Crippen LogP contribution in [0.5, 0.6) is 0 Å². The summed E-state index contributed by atoms with van der Waals surface area (Å²) in [4.78, 5) is 2.41. The van der Waals surface area contributed by atoms with Crippen molar-refractivity contribution < 1.29 is 0 Å². The molecule has 0 aliphatic heterocycles. The summed E-state index contributed by atoms with van der Waals surface area (Å²) in [7, 11) is 0. The number of benzene rings is 2. The van der Waals surface area contributed by atoms with Gasteiger partial charge in [-0.3, -0.25) is 0 Å². The molecule has 0 aromatic heterocycles. The van der Waals surface area contributed by atoms with Crippen molar-refractivity contribution in [1.29, 1.82) is 0 Å². The average Bonchev–Trinajstić information content (AvgIpc) is 2.72. The van der Waals surface area contributed by atoms with E-state index in [9.17, 15) is 0 Å². The van der Waals surface area contributed by atoms with E-state index >= 15 is 0 Å². The number of hydrogen-bond donors (Lipinski definition) is 1. The Balaban J connectivity index is 1.59. The lowest BCUT2D eigenvalue weighted by atomic mass is 10.0. The molecule has 0 amide bonds. The zero-order chi connectivity index (χ0) is 17.6. The molecule has 2 aromatic carbocycles. The Morgan fingerprint density at radius 1 is 0.808 bits per heavy atom. The lowest BCUT2D eigenvalue weighted by Gasteiger charge is -2.32. The third kappa shape index (κ3) is 3.80. The summed E-state index contributed by atoms with van der Waals surface area (Å²) < 4.78 is 0. The van der Waals surface area contributed by atoms with Gasteiger partial charge in [0.25, 0.3) is 0 Å². The number of para-hydroxylation sites is 1. The van der Waals surface area contributed by atoms with E-state index in [1.54, 1.807) is 0 Å². The SMILES string of the molecule is C1=CCCC(Nc2ccc(N(c3ccccc3)C3C=CC=CC3)cc2)=C1. The van der Waals surface area contributed by atoms with Crippen LogP contribution in [0.4, 0.5) is 17.1 Å². The Morgan fingerprint density at radius 2 is 1.62 bits per heavy atom. The maximum absolute atomic E-state index is 3.53. The number of rotatable bonds is 5. The topological polar surface area (TPSA) is 15.3 Å². The van der Waals surface area contributed by atoms with Crippen LogP contribution < -0.4 is 10.2 Å². The molecule has 2 aromatic rings. The van der Waals surface area contributed by atoms with E-state index in [1.807, 2.05) is 0 Å². The van der Waals surface area contributed by atoms with Gasteiger partial charge in [0.1, 0.15) is 0 Å². The molecular formula is C24H24N2. The predicted molar refractivity (Wildman–Crippen MR) is 112 cm³/mol. The van der Waals surface area contributed by atoms with E-state index in [2.05, 4.69) is 107 Å². The van der Waals surface area contributed by atoms with Crippen molar-refractivity contribution in [1.82, 2.24) is 0 Å². The number of hydrogen-bond acceptors (Lipinski definition) is 2. The fourth-order valence-corrected chi connectivity index (χ4v) is 3.48. The van der Waals surface area contributed by atoms with Gasteiger partial charge in [-0.1, -0.05) is 54.7 Å². The van der Waals surface area contributed by atoms with Gasteiger partial charge < -0.3 is 10.2 Å². The van der Waals surface area contributed by atoms with Gasteiger partial charge in [0.15, 0.2) is 0 Å². The van der Waals surface area contributed by atoms with Gasteiger partial charge in [0.2, 0.25) is 0 Å². The van der Waals surface area contributed by atoms with Crippen LogP contribution in [0.3, 0.4) is 0 Å². The van der Waals surface area contributed by atoms with E-state index in [1.165, 1.54) is 17.1 Å². The van der Waals surface area contributed by atoms with Crippen molar-refractivity contribution >= 4 is 17.1 Å². The maximum atomic E-state index is 3.53. The number of nitrogens with zero attached hydrogens (tertiary/aromatic N) is 1. The number of nitrogens with one attached hydrogen (secondary N) is 1. The summed E-state index contributed by atoms with van der Waals surface area (Å²) in [6, 6.07) is 19.7. The van der Waals surface area contributed by atoms with E-state index < -0.39 is 0 Å². The molecule has 2 aliphatic carbocycles. The molecule has 0 radical (unpaired) electrons. The second kappa shape index (κ2) is 7.92. The lowest BCUT2D eigenvalue weighted by Crippen LogP contribution is -2.29. The van der Waals surface area contributed by atoms with Crippen molar-refractivity contribution in [2.24, 2.45) is 0 Å². The van der Waals surface area contributed by atoms with Crippen LogP contribution in [0.1, 0.15) is 19.3 Å². The van der Waals surface area contributed by atoms with Crippen molar-refractivity contribution in [2.45, 2.75) is 25.3 Å².